The Balaban J connectivity index is 2.34. The third-order valence-electron chi connectivity index (χ3n) is 3.57. The molecule has 4 nitrogen and oxygen atoms in total. The molecule has 0 amide bonds. The zero-order valence-electron chi connectivity index (χ0n) is 13.6. The Morgan fingerprint density at radius 1 is 1.15 bits per heavy atom. The zero-order chi connectivity index (χ0) is 19.7. The van der Waals surface area contributed by atoms with Gasteiger partial charge >= 0.3 is 6.18 Å². The summed E-state index contributed by atoms with van der Waals surface area (Å²) in [6.07, 6.45) is -4.79. The molecule has 0 radical (unpaired) electrons. The van der Waals surface area contributed by atoms with E-state index in [1.165, 1.54) is 26.3 Å². The van der Waals surface area contributed by atoms with Gasteiger partial charge in [0.05, 0.1) is 22.6 Å². The maximum atomic E-state index is 13.7. The molecule has 0 aliphatic carbocycles. The molecule has 0 aliphatic rings. The van der Waals surface area contributed by atoms with Crippen LogP contribution in [0.4, 0.5) is 17.6 Å². The molecule has 2 aromatic carbocycles. The fourth-order valence-corrected chi connectivity index (χ4v) is 3.62. The molecule has 0 N–H and O–H groups in total. The number of rotatable bonds is 5. The lowest BCUT2D eigenvalue weighted by molar-refractivity contribution is -0.137. The highest BCUT2D eigenvalue weighted by molar-refractivity contribution is 7.89. The van der Waals surface area contributed by atoms with Crippen LogP contribution in [0, 0.1) is 5.82 Å². The summed E-state index contributed by atoms with van der Waals surface area (Å²) >= 11 is 5.50. The molecule has 10 heteroatoms. The van der Waals surface area contributed by atoms with Gasteiger partial charge in [-0.05, 0) is 35.9 Å². The Labute approximate surface area is 153 Å². The van der Waals surface area contributed by atoms with Gasteiger partial charge < -0.3 is 4.74 Å². The van der Waals surface area contributed by atoms with Gasteiger partial charge in [-0.15, -0.1) is 0 Å². The van der Waals surface area contributed by atoms with Crippen LogP contribution in [0.15, 0.2) is 41.3 Å². The maximum Gasteiger partial charge on any atom is 0.417 e. The van der Waals surface area contributed by atoms with Crippen molar-refractivity contribution in [1.29, 1.82) is 0 Å². The molecular formula is C16H14ClF4NO3S. The third kappa shape index (κ3) is 4.28. The Kier molecular flexibility index (Phi) is 5.84. The third-order valence-corrected chi connectivity index (χ3v) is 5.70. The number of methoxy groups -OCH3 is 1. The van der Waals surface area contributed by atoms with E-state index < -0.39 is 37.5 Å². The first-order valence-electron chi connectivity index (χ1n) is 7.12. The van der Waals surface area contributed by atoms with Gasteiger partial charge in [0.15, 0.2) is 11.6 Å². The van der Waals surface area contributed by atoms with Crippen molar-refractivity contribution in [2.24, 2.45) is 0 Å². The highest BCUT2D eigenvalue weighted by Crippen LogP contribution is 2.36. The number of ether oxygens (including phenoxy) is 1. The standard InChI is InChI=1S/C16H14ClF4NO3S/c1-22(9-10-3-6-15(25-2)14(18)7-10)26(23,24)11-4-5-13(17)12(8-11)16(19,20)21/h3-8H,9H2,1-2H3. The Bertz CT molecular complexity index is 916. The zero-order valence-corrected chi connectivity index (χ0v) is 15.2. The predicted molar refractivity (Wildman–Crippen MR) is 88.1 cm³/mol. The average molecular weight is 412 g/mol. The first kappa shape index (κ1) is 20.5. The molecule has 142 valence electrons. The van der Waals surface area contributed by atoms with Crippen LogP contribution in [0.5, 0.6) is 5.75 Å². The van der Waals surface area contributed by atoms with E-state index in [1.54, 1.807) is 0 Å². The number of hydrogen-bond acceptors (Lipinski definition) is 3. The van der Waals surface area contributed by atoms with E-state index >= 15 is 0 Å². The van der Waals surface area contributed by atoms with Crippen molar-refractivity contribution in [2.45, 2.75) is 17.6 Å². The summed E-state index contributed by atoms with van der Waals surface area (Å²) in [4.78, 5) is -0.564. The molecule has 0 bridgehead atoms. The van der Waals surface area contributed by atoms with Gasteiger partial charge in [-0.25, -0.2) is 12.8 Å². The van der Waals surface area contributed by atoms with E-state index in [9.17, 15) is 26.0 Å². The quantitative estimate of drug-likeness (QED) is 0.688. The van der Waals surface area contributed by atoms with Gasteiger partial charge in [0.2, 0.25) is 10.0 Å². The van der Waals surface area contributed by atoms with E-state index in [4.69, 9.17) is 16.3 Å². The number of sulfonamides is 1. The summed E-state index contributed by atoms with van der Waals surface area (Å²) in [6.45, 7) is -0.243. The van der Waals surface area contributed by atoms with Crippen molar-refractivity contribution >= 4 is 21.6 Å². The molecule has 0 fully saturated rings. The summed E-state index contributed by atoms with van der Waals surface area (Å²) in [5.74, 6) is -0.687. The lowest BCUT2D eigenvalue weighted by Crippen LogP contribution is -2.27. The molecule has 0 saturated carbocycles. The smallest absolute Gasteiger partial charge is 0.417 e. The minimum atomic E-state index is -4.79. The minimum Gasteiger partial charge on any atom is -0.494 e. The molecule has 0 aromatic heterocycles. The number of nitrogens with zero attached hydrogens (tertiary/aromatic N) is 1. The molecule has 0 saturated heterocycles. The second-order valence-corrected chi connectivity index (χ2v) is 7.82. The van der Waals surface area contributed by atoms with E-state index in [0.29, 0.717) is 11.6 Å². The van der Waals surface area contributed by atoms with Crippen LogP contribution in [-0.2, 0) is 22.7 Å². The predicted octanol–water partition coefficient (Wildman–Crippen LogP) is 4.33. The molecule has 0 heterocycles. The SMILES string of the molecule is COc1ccc(CN(C)S(=O)(=O)c2ccc(Cl)c(C(F)(F)F)c2)cc1F. The average Bonchev–Trinajstić information content (AvgIpc) is 2.54. The van der Waals surface area contributed by atoms with Crippen molar-refractivity contribution in [3.63, 3.8) is 0 Å². The van der Waals surface area contributed by atoms with Crippen LogP contribution < -0.4 is 4.74 Å². The van der Waals surface area contributed by atoms with Gasteiger partial charge in [-0.2, -0.15) is 17.5 Å². The van der Waals surface area contributed by atoms with Gasteiger partial charge in [0, 0.05) is 13.6 Å². The van der Waals surface area contributed by atoms with E-state index in [0.717, 1.165) is 22.5 Å². The molecule has 0 spiro atoms. The van der Waals surface area contributed by atoms with Crippen molar-refractivity contribution in [3.05, 3.63) is 58.4 Å². The lowest BCUT2D eigenvalue weighted by Gasteiger charge is -2.19. The molecule has 2 aromatic rings. The van der Waals surface area contributed by atoms with E-state index in [2.05, 4.69) is 0 Å². The van der Waals surface area contributed by atoms with Crippen molar-refractivity contribution in [2.75, 3.05) is 14.2 Å². The summed E-state index contributed by atoms with van der Waals surface area (Å²) < 4.78 is 83.2. The van der Waals surface area contributed by atoms with E-state index in [1.807, 2.05) is 0 Å². The summed E-state index contributed by atoms with van der Waals surface area (Å²) in [5, 5.41) is -0.601. The molecule has 2 rings (SSSR count). The molecular weight excluding hydrogens is 398 g/mol. The van der Waals surface area contributed by atoms with Gasteiger partial charge in [0.1, 0.15) is 0 Å². The number of alkyl halides is 3. The molecule has 0 atom stereocenters. The van der Waals surface area contributed by atoms with Crippen LogP contribution >= 0.6 is 11.6 Å². The second kappa shape index (κ2) is 7.42. The van der Waals surface area contributed by atoms with Crippen LogP contribution in [0.3, 0.4) is 0 Å². The van der Waals surface area contributed by atoms with Crippen molar-refractivity contribution in [3.8, 4) is 5.75 Å². The highest BCUT2D eigenvalue weighted by Gasteiger charge is 2.35. The monoisotopic (exact) mass is 411 g/mol. The molecule has 0 aliphatic heterocycles. The van der Waals surface area contributed by atoms with Gasteiger partial charge in [-0.3, -0.25) is 0 Å². The normalized spacial score (nSPS) is 12.5. The Morgan fingerprint density at radius 3 is 2.35 bits per heavy atom. The fraction of sp³-hybridized carbons (Fsp3) is 0.250. The van der Waals surface area contributed by atoms with Crippen LogP contribution in [0.25, 0.3) is 0 Å². The second-order valence-electron chi connectivity index (χ2n) is 5.37. The van der Waals surface area contributed by atoms with Crippen LogP contribution in [0.2, 0.25) is 5.02 Å². The van der Waals surface area contributed by atoms with Crippen LogP contribution in [0.1, 0.15) is 11.1 Å². The maximum absolute atomic E-state index is 13.7. The highest BCUT2D eigenvalue weighted by atomic mass is 35.5. The summed E-state index contributed by atoms with van der Waals surface area (Å²) in [5.41, 5.74) is -0.941. The summed E-state index contributed by atoms with van der Waals surface area (Å²) in [7, 11) is -1.78. The van der Waals surface area contributed by atoms with Crippen molar-refractivity contribution in [1.82, 2.24) is 4.31 Å². The number of hydrogen-bond donors (Lipinski definition) is 0. The topological polar surface area (TPSA) is 46.6 Å². The molecule has 26 heavy (non-hydrogen) atoms. The van der Waals surface area contributed by atoms with Gasteiger partial charge in [0.25, 0.3) is 0 Å². The Morgan fingerprint density at radius 2 is 1.81 bits per heavy atom. The largest absolute Gasteiger partial charge is 0.494 e. The molecule has 0 unspecified atom stereocenters. The lowest BCUT2D eigenvalue weighted by atomic mass is 10.2. The Hall–Kier alpha value is -1.84. The summed E-state index contributed by atoms with van der Waals surface area (Å²) in [6, 6.07) is 6.21. The first-order chi connectivity index (χ1) is 12.0. The number of benzene rings is 2. The minimum absolute atomic E-state index is 0.00761. The first-order valence-corrected chi connectivity index (χ1v) is 8.94. The fourth-order valence-electron chi connectivity index (χ4n) is 2.21. The van der Waals surface area contributed by atoms with Crippen LogP contribution in [-0.4, -0.2) is 26.9 Å². The van der Waals surface area contributed by atoms with Crippen molar-refractivity contribution < 1.29 is 30.7 Å². The van der Waals surface area contributed by atoms with E-state index in [-0.39, 0.29) is 12.3 Å². The number of halogens is 5. The van der Waals surface area contributed by atoms with Gasteiger partial charge in [-0.1, -0.05) is 17.7 Å².